The molecular formula is C11H14FNO. The van der Waals surface area contributed by atoms with Gasteiger partial charge in [-0.15, -0.1) is 0 Å². The van der Waals surface area contributed by atoms with E-state index in [2.05, 4.69) is 0 Å². The van der Waals surface area contributed by atoms with Crippen LogP contribution in [0.4, 0.5) is 4.39 Å². The molecule has 1 aromatic carbocycles. The van der Waals surface area contributed by atoms with Crippen LogP contribution in [0.15, 0.2) is 24.3 Å². The molecule has 0 radical (unpaired) electrons. The first-order valence-electron chi connectivity index (χ1n) is 4.80. The first-order valence-corrected chi connectivity index (χ1v) is 4.80. The van der Waals surface area contributed by atoms with Gasteiger partial charge in [0.1, 0.15) is 11.9 Å². The van der Waals surface area contributed by atoms with E-state index >= 15 is 0 Å². The predicted octanol–water partition coefficient (Wildman–Crippen LogP) is 2.11. The Morgan fingerprint density at radius 3 is 2.50 bits per heavy atom. The third kappa shape index (κ3) is 1.73. The van der Waals surface area contributed by atoms with Gasteiger partial charge >= 0.3 is 0 Å². The van der Waals surface area contributed by atoms with Gasteiger partial charge in [0, 0.05) is 12.6 Å². The molecule has 14 heavy (non-hydrogen) atoms. The fourth-order valence-corrected chi connectivity index (χ4v) is 2.02. The van der Waals surface area contributed by atoms with Crippen molar-refractivity contribution in [2.75, 3.05) is 13.6 Å². The quantitative estimate of drug-likeness (QED) is 0.741. The van der Waals surface area contributed by atoms with Gasteiger partial charge in [-0.3, -0.25) is 4.90 Å². The Bertz CT molecular complexity index is 312. The molecule has 0 bridgehead atoms. The molecule has 1 fully saturated rings. The van der Waals surface area contributed by atoms with Gasteiger partial charge in [-0.05, 0) is 31.2 Å². The van der Waals surface area contributed by atoms with Crippen LogP contribution in [0.3, 0.4) is 0 Å². The van der Waals surface area contributed by atoms with E-state index in [0.29, 0.717) is 13.0 Å². The van der Waals surface area contributed by atoms with Crippen molar-refractivity contribution >= 4 is 0 Å². The number of hydrogen-bond acceptors (Lipinski definition) is 2. The Kier molecular flexibility index (Phi) is 2.42. The summed E-state index contributed by atoms with van der Waals surface area (Å²) in [5.74, 6) is 0.256. The summed E-state index contributed by atoms with van der Waals surface area (Å²) in [6, 6.07) is 7.16. The summed E-state index contributed by atoms with van der Waals surface area (Å²) >= 11 is 0. The molecule has 1 heterocycles. The number of phenols is 1. The van der Waals surface area contributed by atoms with Crippen LogP contribution in [0.1, 0.15) is 18.0 Å². The number of halogens is 1. The Morgan fingerprint density at radius 1 is 1.36 bits per heavy atom. The van der Waals surface area contributed by atoms with Crippen LogP contribution >= 0.6 is 0 Å². The normalized spacial score (nSPS) is 28.1. The van der Waals surface area contributed by atoms with E-state index in [1.54, 1.807) is 12.1 Å². The summed E-state index contributed by atoms with van der Waals surface area (Å²) in [6.45, 7) is 0.505. The first kappa shape index (κ1) is 9.46. The maximum Gasteiger partial charge on any atom is 0.115 e. The van der Waals surface area contributed by atoms with E-state index in [9.17, 15) is 4.39 Å². The minimum absolute atomic E-state index is 0.158. The van der Waals surface area contributed by atoms with Gasteiger partial charge in [0.05, 0.1) is 0 Å². The van der Waals surface area contributed by atoms with Gasteiger partial charge in [0.15, 0.2) is 0 Å². The summed E-state index contributed by atoms with van der Waals surface area (Å²) in [4.78, 5) is 2.01. The predicted molar refractivity (Wildman–Crippen MR) is 53.0 cm³/mol. The zero-order valence-electron chi connectivity index (χ0n) is 8.15. The lowest BCUT2D eigenvalue weighted by Crippen LogP contribution is -2.18. The molecule has 1 saturated heterocycles. The van der Waals surface area contributed by atoms with Crippen LogP contribution in [0.5, 0.6) is 5.75 Å². The molecule has 1 aromatic rings. The van der Waals surface area contributed by atoms with Crippen molar-refractivity contribution in [2.45, 2.75) is 18.6 Å². The molecule has 2 atom stereocenters. The van der Waals surface area contributed by atoms with Crippen molar-refractivity contribution in [2.24, 2.45) is 0 Å². The van der Waals surface area contributed by atoms with Crippen LogP contribution in [0.25, 0.3) is 0 Å². The van der Waals surface area contributed by atoms with Crippen molar-refractivity contribution in [1.82, 2.24) is 4.90 Å². The highest BCUT2D eigenvalue weighted by Gasteiger charge is 2.30. The van der Waals surface area contributed by atoms with Gasteiger partial charge in [-0.2, -0.15) is 0 Å². The number of benzene rings is 1. The number of rotatable bonds is 1. The van der Waals surface area contributed by atoms with Gasteiger partial charge in [-0.1, -0.05) is 12.1 Å². The van der Waals surface area contributed by atoms with Crippen LogP contribution in [-0.4, -0.2) is 29.8 Å². The topological polar surface area (TPSA) is 23.5 Å². The van der Waals surface area contributed by atoms with Crippen molar-refractivity contribution < 1.29 is 9.50 Å². The largest absolute Gasteiger partial charge is 0.508 e. The lowest BCUT2D eigenvalue weighted by atomic mass is 10.0. The SMILES string of the molecule is CN1CC(F)CC1c1ccc(O)cc1. The number of likely N-dealkylation sites (tertiary alicyclic amines) is 1. The molecule has 0 spiro atoms. The highest BCUT2D eigenvalue weighted by atomic mass is 19.1. The summed E-state index contributed by atoms with van der Waals surface area (Å²) < 4.78 is 13.1. The van der Waals surface area contributed by atoms with E-state index < -0.39 is 6.17 Å². The van der Waals surface area contributed by atoms with Crippen LogP contribution < -0.4 is 0 Å². The summed E-state index contributed by atoms with van der Waals surface area (Å²) in [6.07, 6.45) is -0.167. The molecule has 0 saturated carbocycles. The van der Waals surface area contributed by atoms with Crippen LogP contribution in [0.2, 0.25) is 0 Å². The summed E-state index contributed by atoms with van der Waals surface area (Å²) in [5, 5.41) is 9.13. The number of phenolic OH excluding ortho intramolecular Hbond substituents is 1. The highest BCUT2D eigenvalue weighted by Crippen LogP contribution is 2.32. The van der Waals surface area contributed by atoms with E-state index in [0.717, 1.165) is 5.56 Å². The minimum Gasteiger partial charge on any atom is -0.508 e. The summed E-state index contributed by atoms with van der Waals surface area (Å²) in [7, 11) is 1.93. The second-order valence-corrected chi connectivity index (χ2v) is 3.88. The monoisotopic (exact) mass is 195 g/mol. The molecule has 0 amide bonds. The highest BCUT2D eigenvalue weighted by molar-refractivity contribution is 5.28. The molecule has 0 aliphatic carbocycles. The Morgan fingerprint density at radius 2 is 2.00 bits per heavy atom. The third-order valence-corrected chi connectivity index (χ3v) is 2.78. The molecule has 2 rings (SSSR count). The first-order chi connectivity index (χ1) is 6.66. The van der Waals surface area contributed by atoms with E-state index in [1.165, 1.54) is 0 Å². The Balaban J connectivity index is 2.19. The second kappa shape index (κ2) is 3.58. The van der Waals surface area contributed by atoms with Crippen LogP contribution in [-0.2, 0) is 0 Å². The van der Waals surface area contributed by atoms with E-state index in [4.69, 9.17) is 5.11 Å². The molecule has 1 N–H and O–H groups in total. The zero-order valence-corrected chi connectivity index (χ0v) is 8.15. The van der Waals surface area contributed by atoms with Crippen molar-refractivity contribution in [1.29, 1.82) is 0 Å². The smallest absolute Gasteiger partial charge is 0.115 e. The van der Waals surface area contributed by atoms with Gasteiger partial charge in [-0.25, -0.2) is 4.39 Å². The molecule has 0 aromatic heterocycles. The number of aromatic hydroxyl groups is 1. The van der Waals surface area contributed by atoms with E-state index in [1.807, 2.05) is 24.1 Å². The van der Waals surface area contributed by atoms with Gasteiger partial charge < -0.3 is 5.11 Å². The standard InChI is InChI=1S/C11H14FNO/c1-13-7-9(12)6-11(13)8-2-4-10(14)5-3-8/h2-5,9,11,14H,6-7H2,1H3. The lowest BCUT2D eigenvalue weighted by Gasteiger charge is -2.18. The number of nitrogens with zero attached hydrogens (tertiary/aromatic N) is 1. The third-order valence-electron chi connectivity index (χ3n) is 2.78. The Hall–Kier alpha value is -1.09. The molecule has 2 unspecified atom stereocenters. The molecule has 3 heteroatoms. The molecule has 76 valence electrons. The summed E-state index contributed by atoms with van der Waals surface area (Å²) in [5.41, 5.74) is 1.07. The van der Waals surface area contributed by atoms with Crippen LogP contribution in [0, 0.1) is 0 Å². The van der Waals surface area contributed by atoms with Crippen molar-refractivity contribution in [3.8, 4) is 5.75 Å². The van der Waals surface area contributed by atoms with Crippen molar-refractivity contribution in [3.05, 3.63) is 29.8 Å². The van der Waals surface area contributed by atoms with Gasteiger partial charge in [0.2, 0.25) is 0 Å². The second-order valence-electron chi connectivity index (χ2n) is 3.88. The zero-order chi connectivity index (χ0) is 10.1. The maximum atomic E-state index is 13.1. The molecule has 1 aliphatic heterocycles. The van der Waals surface area contributed by atoms with Crippen molar-refractivity contribution in [3.63, 3.8) is 0 Å². The van der Waals surface area contributed by atoms with Gasteiger partial charge in [0.25, 0.3) is 0 Å². The van der Waals surface area contributed by atoms with E-state index in [-0.39, 0.29) is 11.8 Å². The number of hydrogen-bond donors (Lipinski definition) is 1. The fourth-order valence-electron chi connectivity index (χ4n) is 2.02. The lowest BCUT2D eigenvalue weighted by molar-refractivity contribution is 0.297. The average molecular weight is 195 g/mol. The fraction of sp³-hybridized carbons (Fsp3) is 0.455. The minimum atomic E-state index is -0.723. The average Bonchev–Trinajstić information content (AvgIpc) is 2.47. The maximum absolute atomic E-state index is 13.1. The number of alkyl halides is 1. The molecule has 1 aliphatic rings. The molecular weight excluding hydrogens is 181 g/mol. The molecule has 2 nitrogen and oxygen atoms in total. The Labute approximate surface area is 83.0 Å².